The summed E-state index contributed by atoms with van der Waals surface area (Å²) in [6.07, 6.45) is 2.25. The molecular weight excluding hydrogens is 280 g/mol. The van der Waals surface area contributed by atoms with Gasteiger partial charge in [-0.1, -0.05) is 35.8 Å². The van der Waals surface area contributed by atoms with E-state index in [1.165, 1.54) is 0 Å². The Bertz CT molecular complexity index is 339. The van der Waals surface area contributed by atoms with Crippen LogP contribution in [-0.2, 0) is 5.33 Å². The summed E-state index contributed by atoms with van der Waals surface area (Å²) in [6, 6.07) is 6.03. The fraction of sp³-hybridized carbons (Fsp3) is 0.571. The third kappa shape index (κ3) is 4.58. The van der Waals surface area contributed by atoms with E-state index in [9.17, 15) is 0 Å². The van der Waals surface area contributed by atoms with Gasteiger partial charge in [0.15, 0.2) is 0 Å². The minimum Gasteiger partial charge on any atom is -0.493 e. The van der Waals surface area contributed by atoms with Gasteiger partial charge < -0.3 is 9.47 Å². The lowest BCUT2D eigenvalue weighted by molar-refractivity contribution is 0.214. The van der Waals surface area contributed by atoms with Crippen molar-refractivity contribution in [2.75, 3.05) is 6.61 Å². The normalized spacial score (nSPS) is 12.2. The van der Waals surface area contributed by atoms with Crippen LogP contribution in [0.15, 0.2) is 18.2 Å². The van der Waals surface area contributed by atoms with E-state index >= 15 is 0 Å². The minimum absolute atomic E-state index is 0.231. The van der Waals surface area contributed by atoms with Gasteiger partial charge in [0.2, 0.25) is 0 Å². The van der Waals surface area contributed by atoms with Gasteiger partial charge in [0.1, 0.15) is 11.5 Å². The average molecular weight is 301 g/mol. The Morgan fingerprint density at radius 3 is 2.65 bits per heavy atom. The van der Waals surface area contributed by atoms with Crippen LogP contribution in [0.5, 0.6) is 11.5 Å². The predicted octanol–water partition coefficient (Wildman–Crippen LogP) is 4.55. The van der Waals surface area contributed by atoms with Crippen LogP contribution < -0.4 is 9.47 Å². The van der Waals surface area contributed by atoms with Crippen LogP contribution in [0.4, 0.5) is 0 Å². The molecule has 0 aliphatic heterocycles. The molecule has 0 N–H and O–H groups in total. The molecule has 0 aliphatic rings. The molecule has 0 fully saturated rings. The summed E-state index contributed by atoms with van der Waals surface area (Å²) in [7, 11) is 0. The van der Waals surface area contributed by atoms with Crippen molar-refractivity contribution in [1.29, 1.82) is 0 Å². The summed E-state index contributed by atoms with van der Waals surface area (Å²) in [5, 5.41) is 0.798. The van der Waals surface area contributed by atoms with Crippen LogP contribution in [-0.4, -0.2) is 12.7 Å². The second-order valence-corrected chi connectivity index (χ2v) is 4.65. The summed E-state index contributed by atoms with van der Waals surface area (Å²) >= 11 is 3.48. The zero-order valence-corrected chi connectivity index (χ0v) is 12.4. The molecule has 0 radical (unpaired) electrons. The molecule has 0 bridgehead atoms. The Hall–Kier alpha value is -0.700. The Kier molecular flexibility index (Phi) is 6.41. The maximum atomic E-state index is 5.90. The number of rotatable bonds is 7. The van der Waals surface area contributed by atoms with Gasteiger partial charge in [-0.05, 0) is 25.8 Å². The highest BCUT2D eigenvalue weighted by molar-refractivity contribution is 9.08. The van der Waals surface area contributed by atoms with Gasteiger partial charge >= 0.3 is 0 Å². The molecule has 17 heavy (non-hydrogen) atoms. The molecule has 0 aromatic heterocycles. The van der Waals surface area contributed by atoms with Crippen molar-refractivity contribution in [3.63, 3.8) is 0 Å². The van der Waals surface area contributed by atoms with Gasteiger partial charge in [0.05, 0.1) is 12.7 Å². The first-order chi connectivity index (χ1) is 8.21. The quantitative estimate of drug-likeness (QED) is 0.688. The monoisotopic (exact) mass is 300 g/mol. The van der Waals surface area contributed by atoms with E-state index in [1.54, 1.807) is 0 Å². The van der Waals surface area contributed by atoms with Gasteiger partial charge in [0, 0.05) is 17.0 Å². The number of alkyl halides is 1. The van der Waals surface area contributed by atoms with Crippen LogP contribution in [0, 0.1) is 0 Å². The van der Waals surface area contributed by atoms with Crippen LogP contribution in [0.25, 0.3) is 0 Å². The summed E-state index contributed by atoms with van der Waals surface area (Å²) < 4.78 is 11.5. The number of hydrogen-bond donors (Lipinski definition) is 0. The van der Waals surface area contributed by atoms with Gasteiger partial charge in [-0.15, -0.1) is 0 Å². The number of halogens is 1. The molecule has 3 heteroatoms. The zero-order chi connectivity index (χ0) is 12.7. The van der Waals surface area contributed by atoms with Crippen LogP contribution in [0.3, 0.4) is 0 Å². The lowest BCUT2D eigenvalue weighted by atomic mass is 10.2. The topological polar surface area (TPSA) is 18.5 Å². The van der Waals surface area contributed by atoms with Crippen molar-refractivity contribution in [2.24, 2.45) is 0 Å². The average Bonchev–Trinajstić information content (AvgIpc) is 2.36. The SMILES string of the molecule is CCCOc1ccc(CBr)c(OC(C)CC)c1. The highest BCUT2D eigenvalue weighted by Crippen LogP contribution is 2.28. The predicted molar refractivity (Wildman–Crippen MR) is 75.2 cm³/mol. The molecule has 0 heterocycles. The van der Waals surface area contributed by atoms with E-state index in [2.05, 4.69) is 42.8 Å². The summed E-state index contributed by atoms with van der Waals surface area (Å²) in [6.45, 7) is 7.05. The lowest BCUT2D eigenvalue weighted by Crippen LogP contribution is -2.11. The molecule has 96 valence electrons. The van der Waals surface area contributed by atoms with E-state index in [0.29, 0.717) is 0 Å². The molecule has 1 rings (SSSR count). The van der Waals surface area contributed by atoms with Crippen molar-refractivity contribution in [2.45, 2.75) is 45.0 Å². The summed E-state index contributed by atoms with van der Waals surface area (Å²) in [5.41, 5.74) is 1.16. The van der Waals surface area contributed by atoms with Gasteiger partial charge in [0.25, 0.3) is 0 Å². The minimum atomic E-state index is 0.231. The molecule has 0 aliphatic carbocycles. The van der Waals surface area contributed by atoms with Crippen LogP contribution in [0.1, 0.15) is 39.2 Å². The molecule has 1 aromatic rings. The second kappa shape index (κ2) is 7.59. The molecule has 1 aromatic carbocycles. The first-order valence-corrected chi connectivity index (χ1v) is 7.31. The van der Waals surface area contributed by atoms with Gasteiger partial charge in [-0.2, -0.15) is 0 Å². The Balaban J connectivity index is 2.82. The van der Waals surface area contributed by atoms with Gasteiger partial charge in [-0.3, -0.25) is 0 Å². The maximum Gasteiger partial charge on any atom is 0.127 e. The third-order valence-corrected chi connectivity index (χ3v) is 3.16. The first-order valence-electron chi connectivity index (χ1n) is 6.19. The largest absolute Gasteiger partial charge is 0.493 e. The summed E-state index contributed by atoms with van der Waals surface area (Å²) in [5.74, 6) is 1.81. The van der Waals surface area contributed by atoms with Gasteiger partial charge in [-0.25, -0.2) is 0 Å². The Labute approximate surface area is 112 Å². The van der Waals surface area contributed by atoms with E-state index in [-0.39, 0.29) is 6.10 Å². The van der Waals surface area contributed by atoms with E-state index in [1.807, 2.05) is 12.1 Å². The molecule has 1 atom stereocenters. The van der Waals surface area contributed by atoms with Crippen molar-refractivity contribution >= 4 is 15.9 Å². The fourth-order valence-corrected chi connectivity index (χ4v) is 1.83. The zero-order valence-electron chi connectivity index (χ0n) is 10.8. The number of ether oxygens (including phenoxy) is 2. The molecule has 0 amide bonds. The smallest absolute Gasteiger partial charge is 0.127 e. The summed E-state index contributed by atoms with van der Waals surface area (Å²) in [4.78, 5) is 0. The lowest BCUT2D eigenvalue weighted by Gasteiger charge is -2.16. The molecule has 0 saturated heterocycles. The first kappa shape index (κ1) is 14.4. The van der Waals surface area contributed by atoms with E-state index in [0.717, 1.165) is 41.8 Å². The standard InChI is InChI=1S/C14H21BrO2/c1-4-8-16-13-7-6-12(10-15)14(9-13)17-11(3)5-2/h6-7,9,11H,4-5,8,10H2,1-3H3. The van der Waals surface area contributed by atoms with E-state index < -0.39 is 0 Å². The molecular formula is C14H21BrO2. The Morgan fingerprint density at radius 2 is 2.06 bits per heavy atom. The second-order valence-electron chi connectivity index (χ2n) is 4.09. The van der Waals surface area contributed by atoms with E-state index in [4.69, 9.17) is 9.47 Å². The fourth-order valence-electron chi connectivity index (χ4n) is 1.36. The van der Waals surface area contributed by atoms with Crippen molar-refractivity contribution < 1.29 is 9.47 Å². The number of hydrogen-bond acceptors (Lipinski definition) is 2. The molecule has 0 saturated carbocycles. The Morgan fingerprint density at radius 1 is 1.29 bits per heavy atom. The van der Waals surface area contributed by atoms with Crippen LogP contribution >= 0.6 is 15.9 Å². The molecule has 1 unspecified atom stereocenters. The maximum absolute atomic E-state index is 5.90. The van der Waals surface area contributed by atoms with Crippen molar-refractivity contribution in [3.8, 4) is 11.5 Å². The van der Waals surface area contributed by atoms with Crippen molar-refractivity contribution in [3.05, 3.63) is 23.8 Å². The third-order valence-electron chi connectivity index (χ3n) is 2.56. The highest BCUT2D eigenvalue weighted by Gasteiger charge is 2.08. The number of benzene rings is 1. The van der Waals surface area contributed by atoms with Crippen LogP contribution in [0.2, 0.25) is 0 Å². The van der Waals surface area contributed by atoms with Crippen molar-refractivity contribution in [1.82, 2.24) is 0 Å². The highest BCUT2D eigenvalue weighted by atomic mass is 79.9. The molecule has 0 spiro atoms. The molecule has 2 nitrogen and oxygen atoms in total.